The normalized spacial score (nSPS) is 12.6. The summed E-state index contributed by atoms with van der Waals surface area (Å²) >= 11 is 0. The maximum atomic E-state index is 12.3. The third-order valence-corrected chi connectivity index (χ3v) is 4.98. The highest BCUT2D eigenvalue weighted by Gasteiger charge is 2.14. The van der Waals surface area contributed by atoms with E-state index in [4.69, 9.17) is 0 Å². The van der Waals surface area contributed by atoms with Gasteiger partial charge in [-0.15, -0.1) is 0 Å². The van der Waals surface area contributed by atoms with Crippen LogP contribution in [0.2, 0.25) is 0 Å². The SMILES string of the molecule is CCC(C)N(CCCc1ccccc1)Cc1nc2ccccc2c(=O)[nH]1. The molecule has 4 heteroatoms. The van der Waals surface area contributed by atoms with E-state index >= 15 is 0 Å². The smallest absolute Gasteiger partial charge is 0.258 e. The van der Waals surface area contributed by atoms with Crippen LogP contribution >= 0.6 is 0 Å². The molecule has 26 heavy (non-hydrogen) atoms. The van der Waals surface area contributed by atoms with Gasteiger partial charge < -0.3 is 4.98 Å². The predicted octanol–water partition coefficient (Wildman–Crippen LogP) is 4.16. The molecule has 136 valence electrons. The highest BCUT2D eigenvalue weighted by molar-refractivity contribution is 5.77. The minimum absolute atomic E-state index is 0.0565. The molecule has 3 aromatic rings. The van der Waals surface area contributed by atoms with Crippen molar-refractivity contribution in [3.63, 3.8) is 0 Å². The van der Waals surface area contributed by atoms with E-state index in [1.54, 1.807) is 0 Å². The third-order valence-electron chi connectivity index (χ3n) is 4.98. The van der Waals surface area contributed by atoms with Crippen molar-refractivity contribution >= 4 is 10.9 Å². The molecule has 4 nitrogen and oxygen atoms in total. The first-order valence-electron chi connectivity index (χ1n) is 9.43. The Kier molecular flexibility index (Phi) is 6.18. The second kappa shape index (κ2) is 8.77. The van der Waals surface area contributed by atoms with Gasteiger partial charge >= 0.3 is 0 Å². The lowest BCUT2D eigenvalue weighted by Gasteiger charge is -2.28. The van der Waals surface area contributed by atoms with Crippen LogP contribution in [0.1, 0.15) is 38.1 Å². The van der Waals surface area contributed by atoms with Gasteiger partial charge in [-0.3, -0.25) is 9.69 Å². The number of aromatic amines is 1. The first kappa shape index (κ1) is 18.3. The molecule has 0 bridgehead atoms. The summed E-state index contributed by atoms with van der Waals surface area (Å²) in [5.41, 5.74) is 2.08. The number of aryl methyl sites for hydroxylation is 1. The Hall–Kier alpha value is -2.46. The van der Waals surface area contributed by atoms with Crippen LogP contribution in [0.5, 0.6) is 0 Å². The monoisotopic (exact) mass is 349 g/mol. The molecule has 0 amide bonds. The molecule has 0 saturated heterocycles. The van der Waals surface area contributed by atoms with Gasteiger partial charge in [-0.05, 0) is 50.4 Å². The topological polar surface area (TPSA) is 49.0 Å². The molecular weight excluding hydrogens is 322 g/mol. The Bertz CT molecular complexity index is 889. The van der Waals surface area contributed by atoms with E-state index in [9.17, 15) is 4.79 Å². The Morgan fingerprint density at radius 2 is 1.81 bits per heavy atom. The number of fused-ring (bicyclic) bond motifs is 1. The number of para-hydroxylation sites is 1. The van der Waals surface area contributed by atoms with Crippen LogP contribution in [0, 0.1) is 0 Å². The summed E-state index contributed by atoms with van der Waals surface area (Å²) in [6, 6.07) is 18.5. The quantitative estimate of drug-likeness (QED) is 0.664. The van der Waals surface area contributed by atoms with Gasteiger partial charge in [-0.1, -0.05) is 49.4 Å². The van der Waals surface area contributed by atoms with Gasteiger partial charge in [0.15, 0.2) is 0 Å². The molecule has 0 fully saturated rings. The Labute approximate surface area is 154 Å². The van der Waals surface area contributed by atoms with Gasteiger partial charge in [-0.25, -0.2) is 4.98 Å². The molecular formula is C22H27N3O. The predicted molar refractivity (Wildman–Crippen MR) is 107 cm³/mol. The average molecular weight is 349 g/mol. The maximum Gasteiger partial charge on any atom is 0.258 e. The van der Waals surface area contributed by atoms with Crippen LogP contribution < -0.4 is 5.56 Å². The third kappa shape index (κ3) is 4.58. The molecule has 1 atom stereocenters. The van der Waals surface area contributed by atoms with Gasteiger partial charge in [0.2, 0.25) is 0 Å². The second-order valence-corrected chi connectivity index (χ2v) is 6.85. The van der Waals surface area contributed by atoms with E-state index in [1.165, 1.54) is 5.56 Å². The standard InChI is InChI=1S/C22H27N3O/c1-3-17(2)25(15-9-12-18-10-5-4-6-11-18)16-21-23-20-14-8-7-13-19(20)22(26)24-21/h4-8,10-11,13-14,17H,3,9,12,15-16H2,1-2H3,(H,23,24,26). The van der Waals surface area contributed by atoms with Crippen molar-refractivity contribution in [2.24, 2.45) is 0 Å². The molecule has 1 N–H and O–H groups in total. The fourth-order valence-electron chi connectivity index (χ4n) is 3.25. The van der Waals surface area contributed by atoms with Crippen LogP contribution in [0.15, 0.2) is 59.4 Å². The molecule has 1 heterocycles. The summed E-state index contributed by atoms with van der Waals surface area (Å²) < 4.78 is 0. The zero-order chi connectivity index (χ0) is 18.4. The van der Waals surface area contributed by atoms with E-state index in [-0.39, 0.29) is 5.56 Å². The number of rotatable bonds is 8. The zero-order valence-corrected chi connectivity index (χ0v) is 15.6. The summed E-state index contributed by atoms with van der Waals surface area (Å²) in [5.74, 6) is 0.744. The summed E-state index contributed by atoms with van der Waals surface area (Å²) in [4.78, 5) is 22.3. The highest BCUT2D eigenvalue weighted by atomic mass is 16.1. The summed E-state index contributed by atoms with van der Waals surface area (Å²) in [7, 11) is 0. The lowest BCUT2D eigenvalue weighted by Crippen LogP contribution is -2.34. The minimum atomic E-state index is -0.0565. The summed E-state index contributed by atoms with van der Waals surface area (Å²) in [6.45, 7) is 6.09. The van der Waals surface area contributed by atoms with Crippen molar-refractivity contribution in [1.29, 1.82) is 0 Å². The first-order chi connectivity index (χ1) is 12.7. The van der Waals surface area contributed by atoms with Gasteiger partial charge in [0, 0.05) is 6.04 Å². The van der Waals surface area contributed by atoms with Crippen LogP contribution in [-0.2, 0) is 13.0 Å². The number of H-pyrrole nitrogens is 1. The Balaban J connectivity index is 1.71. The molecule has 2 aromatic carbocycles. The number of aromatic nitrogens is 2. The lowest BCUT2D eigenvalue weighted by atomic mass is 10.1. The van der Waals surface area contributed by atoms with Gasteiger partial charge in [0.1, 0.15) is 5.82 Å². The number of hydrogen-bond donors (Lipinski definition) is 1. The molecule has 0 saturated carbocycles. The number of benzene rings is 2. The number of hydrogen-bond acceptors (Lipinski definition) is 3. The van der Waals surface area contributed by atoms with Crippen molar-refractivity contribution in [1.82, 2.24) is 14.9 Å². The zero-order valence-electron chi connectivity index (χ0n) is 15.6. The molecule has 0 aliphatic rings. The van der Waals surface area contributed by atoms with Crippen molar-refractivity contribution < 1.29 is 0 Å². The van der Waals surface area contributed by atoms with E-state index in [2.05, 4.69) is 59.0 Å². The van der Waals surface area contributed by atoms with Crippen LogP contribution in [0.3, 0.4) is 0 Å². The van der Waals surface area contributed by atoms with Crippen molar-refractivity contribution in [3.05, 3.63) is 76.3 Å². The van der Waals surface area contributed by atoms with E-state index in [0.717, 1.165) is 37.1 Å². The Morgan fingerprint density at radius 1 is 1.08 bits per heavy atom. The molecule has 0 aliphatic heterocycles. The average Bonchev–Trinajstić information content (AvgIpc) is 2.67. The molecule has 0 spiro atoms. The second-order valence-electron chi connectivity index (χ2n) is 6.85. The van der Waals surface area contributed by atoms with Crippen molar-refractivity contribution in [2.45, 2.75) is 45.7 Å². The number of nitrogens with one attached hydrogen (secondary N) is 1. The lowest BCUT2D eigenvalue weighted by molar-refractivity contribution is 0.188. The van der Waals surface area contributed by atoms with Crippen molar-refractivity contribution in [3.8, 4) is 0 Å². The largest absolute Gasteiger partial charge is 0.309 e. The fourth-order valence-corrected chi connectivity index (χ4v) is 3.25. The maximum absolute atomic E-state index is 12.3. The van der Waals surface area contributed by atoms with Crippen LogP contribution in [-0.4, -0.2) is 27.5 Å². The molecule has 0 radical (unpaired) electrons. The number of nitrogens with zero attached hydrogens (tertiary/aromatic N) is 2. The Morgan fingerprint density at radius 3 is 2.58 bits per heavy atom. The van der Waals surface area contributed by atoms with Gasteiger partial charge in [-0.2, -0.15) is 0 Å². The molecule has 1 unspecified atom stereocenters. The van der Waals surface area contributed by atoms with Crippen LogP contribution in [0.4, 0.5) is 0 Å². The molecule has 1 aromatic heterocycles. The van der Waals surface area contributed by atoms with E-state index in [0.29, 0.717) is 18.0 Å². The van der Waals surface area contributed by atoms with Crippen LogP contribution in [0.25, 0.3) is 10.9 Å². The molecule has 0 aliphatic carbocycles. The van der Waals surface area contributed by atoms with E-state index < -0.39 is 0 Å². The minimum Gasteiger partial charge on any atom is -0.309 e. The highest BCUT2D eigenvalue weighted by Crippen LogP contribution is 2.12. The molecule has 3 rings (SSSR count). The van der Waals surface area contributed by atoms with E-state index in [1.807, 2.05) is 24.3 Å². The fraction of sp³-hybridized carbons (Fsp3) is 0.364. The van der Waals surface area contributed by atoms with Gasteiger partial charge in [0.05, 0.1) is 17.4 Å². The van der Waals surface area contributed by atoms with Gasteiger partial charge in [0.25, 0.3) is 5.56 Å². The first-order valence-corrected chi connectivity index (χ1v) is 9.43. The summed E-state index contributed by atoms with van der Waals surface area (Å²) in [5, 5.41) is 0.649. The summed E-state index contributed by atoms with van der Waals surface area (Å²) in [6.07, 6.45) is 3.23. The van der Waals surface area contributed by atoms with Crippen molar-refractivity contribution in [2.75, 3.05) is 6.54 Å².